The van der Waals surface area contributed by atoms with Gasteiger partial charge in [-0.05, 0) is 5.56 Å². The Morgan fingerprint density at radius 2 is 2.00 bits per heavy atom. The summed E-state index contributed by atoms with van der Waals surface area (Å²) in [6.07, 6.45) is 0. The van der Waals surface area contributed by atoms with Crippen LogP contribution in [0.2, 0.25) is 0 Å². The predicted octanol–water partition coefficient (Wildman–Crippen LogP) is 0.533. The zero-order valence-corrected chi connectivity index (χ0v) is 9.93. The summed E-state index contributed by atoms with van der Waals surface area (Å²) in [5.41, 5.74) is 0.863. The molecule has 0 amide bonds. The summed E-state index contributed by atoms with van der Waals surface area (Å²) in [6.45, 7) is 0.305. The molecule has 1 N–H and O–H groups in total. The first kappa shape index (κ1) is 12.1. The highest BCUT2D eigenvalue weighted by Crippen LogP contribution is 2.22. The van der Waals surface area contributed by atoms with E-state index in [1.807, 2.05) is 30.3 Å². The first-order chi connectivity index (χ1) is 7.99. The van der Waals surface area contributed by atoms with Crippen LogP contribution in [0.25, 0.3) is 0 Å². The number of aliphatic carboxylic acids is 1. The average Bonchev–Trinajstić information content (AvgIpc) is 2.56. The molecule has 0 aliphatic carbocycles. The molecule has 0 aromatic heterocycles. The van der Waals surface area contributed by atoms with Gasteiger partial charge in [0.1, 0.15) is 0 Å². The SMILES string of the molecule is O=C(O)C1CN(Cc2ccccc2)S(=O)(=O)C1. The van der Waals surface area contributed by atoms with Crippen LogP contribution in [0, 0.1) is 5.92 Å². The van der Waals surface area contributed by atoms with E-state index in [-0.39, 0.29) is 18.8 Å². The highest BCUT2D eigenvalue weighted by atomic mass is 32.2. The number of nitrogens with zero attached hydrogens (tertiary/aromatic N) is 1. The topological polar surface area (TPSA) is 74.7 Å². The Morgan fingerprint density at radius 1 is 1.35 bits per heavy atom. The molecule has 1 aliphatic heterocycles. The normalized spacial score (nSPS) is 23.6. The fraction of sp³-hybridized carbons (Fsp3) is 0.364. The molecule has 5 nitrogen and oxygen atoms in total. The smallest absolute Gasteiger partial charge is 0.308 e. The van der Waals surface area contributed by atoms with Crippen molar-refractivity contribution < 1.29 is 18.3 Å². The molecule has 0 radical (unpaired) electrons. The molecule has 1 unspecified atom stereocenters. The largest absolute Gasteiger partial charge is 0.481 e. The van der Waals surface area contributed by atoms with Crippen LogP contribution in [0.5, 0.6) is 0 Å². The average molecular weight is 255 g/mol. The van der Waals surface area contributed by atoms with Gasteiger partial charge in [0.15, 0.2) is 0 Å². The minimum Gasteiger partial charge on any atom is -0.481 e. The molecular weight excluding hydrogens is 242 g/mol. The lowest BCUT2D eigenvalue weighted by Crippen LogP contribution is -2.25. The van der Waals surface area contributed by atoms with Crippen LogP contribution in [-0.4, -0.2) is 36.1 Å². The zero-order chi connectivity index (χ0) is 12.5. The first-order valence-electron chi connectivity index (χ1n) is 5.23. The number of rotatable bonds is 3. The van der Waals surface area contributed by atoms with Gasteiger partial charge in [0, 0.05) is 13.1 Å². The minimum atomic E-state index is -3.43. The predicted molar refractivity (Wildman–Crippen MR) is 61.8 cm³/mol. The third kappa shape index (κ3) is 2.65. The zero-order valence-electron chi connectivity index (χ0n) is 9.11. The van der Waals surface area contributed by atoms with Crippen LogP contribution < -0.4 is 0 Å². The second-order valence-corrected chi connectivity index (χ2v) is 6.11. The Kier molecular flexibility index (Phi) is 3.17. The Hall–Kier alpha value is -1.40. The van der Waals surface area contributed by atoms with E-state index >= 15 is 0 Å². The number of carbonyl (C=O) groups is 1. The maximum Gasteiger partial charge on any atom is 0.308 e. The van der Waals surface area contributed by atoms with Crippen molar-refractivity contribution in [1.82, 2.24) is 4.31 Å². The van der Waals surface area contributed by atoms with Gasteiger partial charge in [-0.2, -0.15) is 4.31 Å². The maximum atomic E-state index is 11.7. The van der Waals surface area contributed by atoms with E-state index in [9.17, 15) is 13.2 Å². The number of carboxylic acids is 1. The molecule has 1 fully saturated rings. The highest BCUT2D eigenvalue weighted by molar-refractivity contribution is 7.89. The fourth-order valence-electron chi connectivity index (χ4n) is 1.87. The third-order valence-electron chi connectivity index (χ3n) is 2.78. The molecule has 0 spiro atoms. The standard InChI is InChI=1S/C11H13NO4S/c13-11(14)10-7-12(17(15,16)8-10)6-9-4-2-1-3-5-9/h1-5,10H,6-8H2,(H,13,14). The van der Waals surface area contributed by atoms with Gasteiger partial charge >= 0.3 is 5.97 Å². The number of sulfonamides is 1. The maximum absolute atomic E-state index is 11.7. The van der Waals surface area contributed by atoms with Crippen molar-refractivity contribution in [3.05, 3.63) is 35.9 Å². The molecule has 2 rings (SSSR count). The number of benzene rings is 1. The Bertz CT molecular complexity index is 512. The van der Waals surface area contributed by atoms with Crippen molar-refractivity contribution in [2.45, 2.75) is 6.54 Å². The summed E-state index contributed by atoms with van der Waals surface area (Å²) in [4.78, 5) is 10.8. The highest BCUT2D eigenvalue weighted by Gasteiger charge is 2.39. The van der Waals surface area contributed by atoms with Gasteiger partial charge < -0.3 is 5.11 Å². The van der Waals surface area contributed by atoms with E-state index in [0.29, 0.717) is 0 Å². The quantitative estimate of drug-likeness (QED) is 0.855. The van der Waals surface area contributed by atoms with Gasteiger partial charge in [-0.15, -0.1) is 0 Å². The molecule has 0 saturated carbocycles. The van der Waals surface area contributed by atoms with Crippen LogP contribution in [0.3, 0.4) is 0 Å². The van der Waals surface area contributed by atoms with E-state index in [0.717, 1.165) is 5.56 Å². The molecule has 17 heavy (non-hydrogen) atoms. The van der Waals surface area contributed by atoms with Crippen molar-refractivity contribution in [1.29, 1.82) is 0 Å². The van der Waals surface area contributed by atoms with Crippen molar-refractivity contribution >= 4 is 16.0 Å². The van der Waals surface area contributed by atoms with E-state index in [2.05, 4.69) is 0 Å². The van der Waals surface area contributed by atoms with E-state index < -0.39 is 21.9 Å². The lowest BCUT2D eigenvalue weighted by atomic mass is 10.1. The summed E-state index contributed by atoms with van der Waals surface area (Å²) >= 11 is 0. The minimum absolute atomic E-state index is 0.0621. The van der Waals surface area contributed by atoms with E-state index in [1.165, 1.54) is 4.31 Å². The second-order valence-electron chi connectivity index (χ2n) is 4.09. The van der Waals surface area contributed by atoms with Crippen molar-refractivity contribution in [2.24, 2.45) is 5.92 Å². The summed E-state index contributed by atoms with van der Waals surface area (Å²) in [5.74, 6) is -2.16. The molecule has 1 saturated heterocycles. The monoisotopic (exact) mass is 255 g/mol. The lowest BCUT2D eigenvalue weighted by molar-refractivity contribution is -0.140. The van der Waals surface area contributed by atoms with Gasteiger partial charge in [0.25, 0.3) is 0 Å². The lowest BCUT2D eigenvalue weighted by Gasteiger charge is -2.14. The number of hydrogen-bond acceptors (Lipinski definition) is 3. The van der Waals surface area contributed by atoms with Crippen molar-refractivity contribution in [3.63, 3.8) is 0 Å². The Labute approximate surface area is 99.7 Å². The van der Waals surface area contributed by atoms with E-state index in [4.69, 9.17) is 5.11 Å². The van der Waals surface area contributed by atoms with Crippen LogP contribution in [0.15, 0.2) is 30.3 Å². The molecule has 6 heteroatoms. The van der Waals surface area contributed by atoms with Crippen LogP contribution >= 0.6 is 0 Å². The Balaban J connectivity index is 2.15. The van der Waals surface area contributed by atoms with Crippen LogP contribution in [-0.2, 0) is 21.4 Å². The molecule has 1 aromatic carbocycles. The molecule has 1 atom stereocenters. The number of hydrogen-bond donors (Lipinski definition) is 1. The van der Waals surface area contributed by atoms with Crippen molar-refractivity contribution in [3.8, 4) is 0 Å². The third-order valence-corrected chi connectivity index (χ3v) is 4.67. The molecule has 1 aliphatic rings. The molecule has 0 bridgehead atoms. The summed E-state index contributed by atoms with van der Waals surface area (Å²) < 4.78 is 24.7. The fourth-order valence-corrected chi connectivity index (χ4v) is 3.59. The molecule has 1 aromatic rings. The summed E-state index contributed by atoms with van der Waals surface area (Å²) in [5, 5.41) is 8.84. The first-order valence-corrected chi connectivity index (χ1v) is 6.84. The summed E-state index contributed by atoms with van der Waals surface area (Å²) in [6, 6.07) is 9.15. The molecule has 1 heterocycles. The van der Waals surface area contributed by atoms with Gasteiger partial charge in [-0.3, -0.25) is 4.79 Å². The van der Waals surface area contributed by atoms with Gasteiger partial charge in [-0.25, -0.2) is 8.42 Å². The Morgan fingerprint density at radius 3 is 2.53 bits per heavy atom. The van der Waals surface area contributed by atoms with Crippen LogP contribution in [0.1, 0.15) is 5.56 Å². The van der Waals surface area contributed by atoms with Gasteiger partial charge in [0.05, 0.1) is 11.7 Å². The molecular formula is C11H13NO4S. The van der Waals surface area contributed by atoms with Crippen LogP contribution in [0.4, 0.5) is 0 Å². The second kappa shape index (κ2) is 4.46. The van der Waals surface area contributed by atoms with Gasteiger partial charge in [-0.1, -0.05) is 30.3 Å². The number of carboxylic acid groups (broad SMARTS) is 1. The molecule has 92 valence electrons. The summed E-state index contributed by atoms with van der Waals surface area (Å²) in [7, 11) is -3.43. The van der Waals surface area contributed by atoms with Crippen molar-refractivity contribution in [2.75, 3.05) is 12.3 Å². The van der Waals surface area contributed by atoms with Gasteiger partial charge in [0.2, 0.25) is 10.0 Å². The van der Waals surface area contributed by atoms with E-state index in [1.54, 1.807) is 0 Å².